The second-order valence-electron chi connectivity index (χ2n) is 13.0. The second kappa shape index (κ2) is 12.4. The summed E-state index contributed by atoms with van der Waals surface area (Å²) >= 11 is 0. The maximum absolute atomic E-state index is 13.5. The minimum absolute atomic E-state index is 0.0102. The van der Waals surface area contributed by atoms with Crippen LogP contribution in [0.1, 0.15) is 57.4 Å². The number of piperazine rings is 1. The van der Waals surface area contributed by atoms with Crippen molar-refractivity contribution in [1.29, 1.82) is 0 Å². The van der Waals surface area contributed by atoms with Gasteiger partial charge in [-0.05, 0) is 74.6 Å². The summed E-state index contributed by atoms with van der Waals surface area (Å²) in [6.07, 6.45) is 9.59. The molecule has 6 rings (SSSR count). The van der Waals surface area contributed by atoms with E-state index >= 15 is 0 Å². The fourth-order valence-corrected chi connectivity index (χ4v) is 6.40. The van der Waals surface area contributed by atoms with E-state index in [4.69, 9.17) is 9.47 Å². The minimum Gasteiger partial charge on any atom is -0.489 e. The third-order valence-electron chi connectivity index (χ3n) is 8.51. The number of carbonyl (C=O) groups excluding carboxylic acids is 3. The number of carbonyl (C=O) groups is 3. The highest BCUT2D eigenvalue weighted by molar-refractivity contribution is 5.97. The van der Waals surface area contributed by atoms with Gasteiger partial charge in [0.05, 0.1) is 18.7 Å². The monoisotopic (exact) mass is 607 g/mol. The molecule has 3 aliphatic rings. The Labute approximate surface area is 264 Å². The molecule has 0 N–H and O–H groups in total. The van der Waals surface area contributed by atoms with E-state index in [9.17, 15) is 14.4 Å². The Morgan fingerprint density at radius 2 is 1.82 bits per heavy atom. The Morgan fingerprint density at radius 1 is 1.02 bits per heavy atom. The molecule has 1 saturated heterocycles. The molecule has 2 aliphatic heterocycles. The lowest BCUT2D eigenvalue weighted by molar-refractivity contribution is -0.157. The van der Waals surface area contributed by atoms with E-state index in [-0.39, 0.29) is 24.3 Å². The van der Waals surface area contributed by atoms with E-state index in [0.29, 0.717) is 44.7 Å². The number of hydrogen-bond acceptors (Lipinski definition) is 5. The molecule has 1 unspecified atom stereocenters. The van der Waals surface area contributed by atoms with Crippen LogP contribution in [0.15, 0.2) is 84.0 Å². The van der Waals surface area contributed by atoms with Gasteiger partial charge in [-0.1, -0.05) is 55.5 Å². The molecule has 234 valence electrons. The Bertz CT molecular complexity index is 1720. The average Bonchev–Trinajstić information content (AvgIpc) is 3.13. The first-order valence-electron chi connectivity index (χ1n) is 15.8. The zero-order valence-corrected chi connectivity index (χ0v) is 26.5. The maximum atomic E-state index is 13.5. The maximum Gasteiger partial charge on any atom is 0.338 e. The van der Waals surface area contributed by atoms with Gasteiger partial charge in [-0.3, -0.25) is 9.59 Å². The number of amides is 2. The van der Waals surface area contributed by atoms with Crippen molar-refractivity contribution in [2.75, 3.05) is 13.1 Å². The number of esters is 1. The molecule has 8 nitrogen and oxygen atoms in total. The van der Waals surface area contributed by atoms with Gasteiger partial charge in [-0.25, -0.2) is 4.79 Å². The molecule has 1 atom stereocenters. The zero-order chi connectivity index (χ0) is 31.7. The minimum atomic E-state index is -0.573. The number of nitrogens with zero attached hydrogens (tertiary/aromatic N) is 3. The van der Waals surface area contributed by atoms with Crippen molar-refractivity contribution >= 4 is 28.7 Å². The number of ether oxygens (including phenoxy) is 2. The Hall–Kier alpha value is -4.59. The van der Waals surface area contributed by atoms with Gasteiger partial charge in [0.25, 0.3) is 0 Å². The fourth-order valence-electron chi connectivity index (χ4n) is 6.40. The van der Waals surface area contributed by atoms with Gasteiger partial charge in [-0.2, -0.15) is 0 Å². The van der Waals surface area contributed by atoms with Crippen LogP contribution in [-0.2, 0) is 45.2 Å². The van der Waals surface area contributed by atoms with Crippen LogP contribution in [-0.4, -0.2) is 56.9 Å². The van der Waals surface area contributed by atoms with Gasteiger partial charge in [0.15, 0.2) is 0 Å². The summed E-state index contributed by atoms with van der Waals surface area (Å²) in [6, 6.07) is 15.7. The molecular formula is C37H41N3O5. The third kappa shape index (κ3) is 6.46. The van der Waals surface area contributed by atoms with E-state index in [2.05, 4.69) is 16.7 Å². The molecule has 2 amide bonds. The number of rotatable bonds is 8. The normalized spacial score (nSPS) is 18.3. The summed E-state index contributed by atoms with van der Waals surface area (Å²) in [7, 11) is 0. The Kier molecular flexibility index (Phi) is 8.40. The summed E-state index contributed by atoms with van der Waals surface area (Å²) in [5.41, 5.74) is 5.30. The van der Waals surface area contributed by atoms with Crippen molar-refractivity contribution in [3.05, 3.63) is 101 Å². The number of benzene rings is 2. The molecule has 3 heterocycles. The van der Waals surface area contributed by atoms with Crippen LogP contribution in [0.3, 0.4) is 0 Å². The summed E-state index contributed by atoms with van der Waals surface area (Å²) < 4.78 is 14.1. The molecule has 1 aliphatic carbocycles. The van der Waals surface area contributed by atoms with Crippen LogP contribution in [0.2, 0.25) is 0 Å². The highest BCUT2D eigenvalue weighted by Gasteiger charge is 2.43. The third-order valence-corrected chi connectivity index (χ3v) is 8.51. The van der Waals surface area contributed by atoms with Gasteiger partial charge in [0.1, 0.15) is 24.0 Å². The van der Waals surface area contributed by atoms with Gasteiger partial charge in [0.2, 0.25) is 11.8 Å². The SMILES string of the molecule is CCCN1CC(=O)N2Cc3c(c4cc(OCc5ccccc5)ccc4n3CC3=CC=C(C(=O)OC(C)(C)C)C=CC3)CC2C1=O. The first kappa shape index (κ1) is 30.4. The fraction of sp³-hybridized carbons (Fsp3) is 0.378. The number of fused-ring (bicyclic) bond motifs is 4. The molecule has 1 aromatic heterocycles. The number of allylic oxidation sites excluding steroid dienone is 4. The lowest BCUT2D eigenvalue weighted by atomic mass is 9.93. The molecule has 0 spiro atoms. The molecule has 2 aromatic carbocycles. The predicted octanol–water partition coefficient (Wildman–Crippen LogP) is 5.88. The molecule has 8 heteroatoms. The lowest BCUT2D eigenvalue weighted by Gasteiger charge is -2.43. The quantitative estimate of drug-likeness (QED) is 0.299. The Morgan fingerprint density at radius 3 is 2.58 bits per heavy atom. The van der Waals surface area contributed by atoms with Gasteiger partial charge in [-0.15, -0.1) is 0 Å². The first-order valence-corrected chi connectivity index (χ1v) is 15.8. The summed E-state index contributed by atoms with van der Waals surface area (Å²) in [5, 5.41) is 1.04. The molecule has 45 heavy (non-hydrogen) atoms. The van der Waals surface area contributed by atoms with Crippen molar-refractivity contribution in [1.82, 2.24) is 14.4 Å². The first-order chi connectivity index (χ1) is 21.6. The average molecular weight is 608 g/mol. The predicted molar refractivity (Wildman–Crippen MR) is 173 cm³/mol. The standard InChI is InChI=1S/C37H41N3O5/c1-5-18-38-23-34(41)40-22-33-30(20-32(40)35(38)42)29-19-28(44-24-26-10-7-6-8-11-26)16-17-31(29)39(33)21-25-12-9-13-27(15-14-25)36(43)45-37(2,3)4/h6-11,13-17,19,32H,5,12,18,20-24H2,1-4H3. The highest BCUT2D eigenvalue weighted by atomic mass is 16.6. The van der Waals surface area contributed by atoms with Crippen LogP contribution in [0.5, 0.6) is 5.75 Å². The molecule has 0 saturated carbocycles. The van der Waals surface area contributed by atoms with Crippen molar-refractivity contribution in [3.63, 3.8) is 0 Å². The highest BCUT2D eigenvalue weighted by Crippen LogP contribution is 2.37. The smallest absolute Gasteiger partial charge is 0.338 e. The van der Waals surface area contributed by atoms with Crippen molar-refractivity contribution in [2.45, 2.75) is 78.3 Å². The molecular weight excluding hydrogens is 566 g/mol. The van der Waals surface area contributed by atoms with Crippen LogP contribution in [0.25, 0.3) is 10.9 Å². The number of hydrogen-bond donors (Lipinski definition) is 0. The van der Waals surface area contributed by atoms with E-state index in [0.717, 1.165) is 45.5 Å². The van der Waals surface area contributed by atoms with E-state index < -0.39 is 11.6 Å². The summed E-state index contributed by atoms with van der Waals surface area (Å²) in [6.45, 7) is 9.73. The van der Waals surface area contributed by atoms with E-state index in [1.165, 1.54) is 0 Å². The molecule has 3 aromatic rings. The van der Waals surface area contributed by atoms with Crippen LogP contribution in [0.4, 0.5) is 0 Å². The van der Waals surface area contributed by atoms with Crippen molar-refractivity contribution < 1.29 is 23.9 Å². The van der Waals surface area contributed by atoms with Crippen LogP contribution >= 0.6 is 0 Å². The summed E-state index contributed by atoms with van der Waals surface area (Å²) in [4.78, 5) is 43.1. The molecule has 0 bridgehead atoms. The zero-order valence-electron chi connectivity index (χ0n) is 26.5. The Balaban J connectivity index is 1.36. The summed E-state index contributed by atoms with van der Waals surface area (Å²) in [5.74, 6) is 0.424. The van der Waals surface area contributed by atoms with Gasteiger partial charge < -0.3 is 23.8 Å². The largest absolute Gasteiger partial charge is 0.489 e. The van der Waals surface area contributed by atoms with E-state index in [1.807, 2.05) is 88.4 Å². The molecule has 0 radical (unpaired) electrons. The lowest BCUT2D eigenvalue weighted by Crippen LogP contribution is -2.61. The van der Waals surface area contributed by atoms with E-state index in [1.54, 1.807) is 9.80 Å². The number of aromatic nitrogens is 1. The van der Waals surface area contributed by atoms with Crippen LogP contribution < -0.4 is 4.74 Å². The van der Waals surface area contributed by atoms with Gasteiger partial charge >= 0.3 is 5.97 Å². The van der Waals surface area contributed by atoms with Crippen molar-refractivity contribution in [2.24, 2.45) is 0 Å². The van der Waals surface area contributed by atoms with Crippen molar-refractivity contribution in [3.8, 4) is 5.75 Å². The molecule has 1 fully saturated rings. The second-order valence-corrected chi connectivity index (χ2v) is 13.0. The van der Waals surface area contributed by atoms with Gasteiger partial charge in [0, 0.05) is 36.1 Å². The van der Waals surface area contributed by atoms with Crippen LogP contribution in [0, 0.1) is 0 Å². The topological polar surface area (TPSA) is 81.1 Å².